The second kappa shape index (κ2) is 9.55. The summed E-state index contributed by atoms with van der Waals surface area (Å²) >= 11 is 11.9. The van der Waals surface area contributed by atoms with Gasteiger partial charge in [0.15, 0.2) is 12.7 Å². The topological polar surface area (TPSA) is 109 Å². The Bertz CT molecular complexity index is 1270. The van der Waals surface area contributed by atoms with Gasteiger partial charge in [-0.2, -0.15) is 0 Å². The molecule has 7 rings (SSSR count). The number of halogens is 3. The molecule has 11 heteroatoms. The van der Waals surface area contributed by atoms with Crippen LogP contribution < -0.4 is 25.4 Å². The molecule has 2 atom stereocenters. The summed E-state index contributed by atoms with van der Waals surface area (Å²) in [6.07, 6.45) is 2.76. The fraction of sp³-hybridized carbons (Fsp3) is 0.481. The number of aliphatic hydroxyl groups is 1. The fourth-order valence-corrected chi connectivity index (χ4v) is 6.51. The lowest BCUT2D eigenvalue weighted by molar-refractivity contribution is -0.154. The predicted octanol–water partition coefficient (Wildman–Crippen LogP) is 3.42. The van der Waals surface area contributed by atoms with Crippen molar-refractivity contribution < 1.29 is 28.6 Å². The molecule has 4 N–H and O–H groups in total. The Kier molecular flexibility index (Phi) is 6.45. The van der Waals surface area contributed by atoms with Gasteiger partial charge in [0.1, 0.15) is 17.3 Å². The van der Waals surface area contributed by atoms with E-state index >= 15 is 0 Å². The van der Waals surface area contributed by atoms with Crippen LogP contribution in [0.25, 0.3) is 0 Å². The molecule has 1 heterocycles. The quantitative estimate of drug-likeness (QED) is 0.392. The van der Waals surface area contributed by atoms with E-state index in [1.54, 1.807) is 12.1 Å². The SMILES string of the molecule is O=C(COc1ccc(Cl)c(F)c1)NC12CC(NC(=O)[C@H]3C[C@@H](N[C@H]4C[C@@H](O)C4)c4cc(Cl)ccc4O3)(C1)C2. The largest absolute Gasteiger partial charge is 0.484 e. The van der Waals surface area contributed by atoms with Crippen molar-refractivity contribution in [2.45, 2.75) is 73.9 Å². The highest BCUT2D eigenvalue weighted by atomic mass is 35.5. The molecule has 2 aromatic rings. The van der Waals surface area contributed by atoms with Crippen molar-refractivity contribution in [1.82, 2.24) is 16.0 Å². The van der Waals surface area contributed by atoms with Crippen LogP contribution in [0.2, 0.25) is 10.0 Å². The van der Waals surface area contributed by atoms with Gasteiger partial charge in [-0.3, -0.25) is 9.59 Å². The maximum Gasteiger partial charge on any atom is 0.261 e. The number of hydrogen-bond donors (Lipinski definition) is 4. The zero-order valence-electron chi connectivity index (χ0n) is 20.4. The minimum atomic E-state index is -0.668. The molecule has 5 aliphatic rings. The van der Waals surface area contributed by atoms with Crippen molar-refractivity contribution in [2.75, 3.05) is 6.61 Å². The second-order valence-electron chi connectivity index (χ2n) is 11.1. The summed E-state index contributed by atoms with van der Waals surface area (Å²) in [4.78, 5) is 25.6. The Balaban J connectivity index is 1.01. The van der Waals surface area contributed by atoms with E-state index in [-0.39, 0.29) is 58.5 Å². The molecule has 2 aromatic carbocycles. The molecule has 202 valence electrons. The van der Waals surface area contributed by atoms with E-state index in [0.29, 0.717) is 49.3 Å². The van der Waals surface area contributed by atoms with Crippen molar-refractivity contribution in [3.8, 4) is 11.5 Å². The molecule has 4 saturated carbocycles. The summed E-state index contributed by atoms with van der Waals surface area (Å²) in [5.41, 5.74) is 0.207. The van der Waals surface area contributed by atoms with E-state index in [1.165, 1.54) is 12.1 Å². The first kappa shape index (κ1) is 25.7. The van der Waals surface area contributed by atoms with Crippen LogP contribution in [-0.4, -0.2) is 52.9 Å². The van der Waals surface area contributed by atoms with Gasteiger partial charge in [-0.05, 0) is 62.4 Å². The van der Waals surface area contributed by atoms with Crippen LogP contribution in [0.1, 0.15) is 50.1 Å². The molecule has 0 aromatic heterocycles. The van der Waals surface area contributed by atoms with Crippen molar-refractivity contribution in [3.63, 3.8) is 0 Å². The molecular weight excluding hydrogens is 536 g/mol. The lowest BCUT2D eigenvalue weighted by Crippen LogP contribution is -2.84. The monoisotopic (exact) mass is 563 g/mol. The molecule has 0 unspecified atom stereocenters. The summed E-state index contributed by atoms with van der Waals surface area (Å²) in [6.45, 7) is -0.242. The lowest BCUT2D eigenvalue weighted by atomic mass is 9.44. The third-order valence-electron chi connectivity index (χ3n) is 7.99. The number of fused-ring (bicyclic) bond motifs is 1. The van der Waals surface area contributed by atoms with Gasteiger partial charge in [0.2, 0.25) is 0 Å². The molecule has 2 amide bonds. The molecule has 2 bridgehead atoms. The number of nitrogens with one attached hydrogen (secondary N) is 3. The molecule has 0 radical (unpaired) electrons. The van der Waals surface area contributed by atoms with Crippen LogP contribution in [0.5, 0.6) is 11.5 Å². The van der Waals surface area contributed by atoms with Crippen molar-refractivity contribution in [3.05, 3.63) is 57.8 Å². The number of rotatable bonds is 8. The Hall–Kier alpha value is -2.59. The number of aliphatic hydroxyl groups excluding tert-OH is 1. The molecule has 4 aliphatic carbocycles. The fourth-order valence-electron chi connectivity index (χ4n) is 6.21. The van der Waals surface area contributed by atoms with Gasteiger partial charge >= 0.3 is 0 Å². The summed E-state index contributed by atoms with van der Waals surface area (Å²) in [7, 11) is 0. The molecule has 1 aliphatic heterocycles. The van der Waals surface area contributed by atoms with Crippen LogP contribution in [0.15, 0.2) is 36.4 Å². The van der Waals surface area contributed by atoms with Crippen molar-refractivity contribution in [2.24, 2.45) is 0 Å². The third kappa shape index (κ3) is 4.93. The van der Waals surface area contributed by atoms with Gasteiger partial charge in [-0.15, -0.1) is 0 Å². The predicted molar refractivity (Wildman–Crippen MR) is 138 cm³/mol. The highest BCUT2D eigenvalue weighted by Crippen LogP contribution is 2.60. The van der Waals surface area contributed by atoms with Gasteiger partial charge < -0.3 is 30.5 Å². The number of benzene rings is 2. The summed E-state index contributed by atoms with van der Waals surface area (Å²) in [6, 6.07) is 9.47. The van der Waals surface area contributed by atoms with Crippen LogP contribution in [0, 0.1) is 5.82 Å². The minimum absolute atomic E-state index is 0.0137. The zero-order chi connectivity index (χ0) is 26.7. The molecule has 38 heavy (non-hydrogen) atoms. The van der Waals surface area contributed by atoms with Gasteiger partial charge in [-0.1, -0.05) is 23.2 Å². The lowest BCUT2D eigenvalue weighted by Gasteiger charge is -2.70. The first-order valence-electron chi connectivity index (χ1n) is 12.7. The third-order valence-corrected chi connectivity index (χ3v) is 8.53. The zero-order valence-corrected chi connectivity index (χ0v) is 21.9. The number of carbonyl (C=O) groups is 2. The van der Waals surface area contributed by atoms with Gasteiger partial charge in [0.05, 0.1) is 11.1 Å². The van der Waals surface area contributed by atoms with E-state index in [9.17, 15) is 19.1 Å². The standard InChI is InChI=1S/C27H28Cl2FN3O5/c28-14-1-4-22-18(5-14)21(31-15-6-16(34)7-15)9-23(38-22)25(36)33-27-11-26(12-27,13-27)32-24(35)10-37-17-2-3-19(29)20(30)8-17/h1-5,8,15-16,21,23,31,34H,6-7,9-13H2,(H,32,35)(H,33,36)/t15-,16+,21-,23-,26?,27?/m1/s1. The number of carbonyl (C=O) groups excluding carboxylic acids is 2. The van der Waals surface area contributed by atoms with E-state index in [4.69, 9.17) is 32.7 Å². The van der Waals surface area contributed by atoms with E-state index < -0.39 is 11.9 Å². The van der Waals surface area contributed by atoms with Crippen LogP contribution in [-0.2, 0) is 9.59 Å². The first-order valence-corrected chi connectivity index (χ1v) is 13.5. The van der Waals surface area contributed by atoms with E-state index in [1.807, 2.05) is 6.07 Å². The molecule has 0 saturated heterocycles. The maximum absolute atomic E-state index is 13.6. The summed E-state index contributed by atoms with van der Waals surface area (Å²) in [5.74, 6) is -0.249. The average Bonchev–Trinajstić information content (AvgIpc) is 2.81. The molecular formula is C27H28Cl2FN3O5. The Morgan fingerprint density at radius 1 is 1.05 bits per heavy atom. The van der Waals surface area contributed by atoms with Gasteiger partial charge in [-0.25, -0.2) is 4.39 Å². The average molecular weight is 564 g/mol. The Morgan fingerprint density at radius 2 is 1.79 bits per heavy atom. The summed E-state index contributed by atoms with van der Waals surface area (Å²) in [5, 5.41) is 19.9. The smallest absolute Gasteiger partial charge is 0.261 e. The van der Waals surface area contributed by atoms with Crippen molar-refractivity contribution in [1.29, 1.82) is 0 Å². The normalized spacial score (nSPS) is 32.4. The first-order chi connectivity index (χ1) is 18.1. The van der Waals surface area contributed by atoms with Gasteiger partial charge in [0, 0.05) is 46.2 Å². The maximum atomic E-state index is 13.6. The Labute approximate surface area is 229 Å². The molecule has 4 fully saturated rings. The van der Waals surface area contributed by atoms with Crippen LogP contribution in [0.3, 0.4) is 0 Å². The number of hydrogen-bond acceptors (Lipinski definition) is 6. The van der Waals surface area contributed by atoms with E-state index in [2.05, 4.69) is 16.0 Å². The number of ether oxygens (including phenoxy) is 2. The molecule has 0 spiro atoms. The molecule has 8 nitrogen and oxygen atoms in total. The number of amides is 2. The highest BCUT2D eigenvalue weighted by molar-refractivity contribution is 6.31. The van der Waals surface area contributed by atoms with Crippen LogP contribution in [0.4, 0.5) is 4.39 Å². The second-order valence-corrected chi connectivity index (χ2v) is 11.9. The van der Waals surface area contributed by atoms with E-state index in [0.717, 1.165) is 11.6 Å². The highest BCUT2D eigenvalue weighted by Gasteiger charge is 2.69. The van der Waals surface area contributed by atoms with Crippen LogP contribution >= 0.6 is 23.2 Å². The van der Waals surface area contributed by atoms with Crippen molar-refractivity contribution >= 4 is 35.0 Å². The Morgan fingerprint density at radius 3 is 2.50 bits per heavy atom. The minimum Gasteiger partial charge on any atom is -0.484 e. The summed E-state index contributed by atoms with van der Waals surface area (Å²) < 4.78 is 25.0. The van der Waals surface area contributed by atoms with Gasteiger partial charge in [0.25, 0.3) is 11.8 Å².